The van der Waals surface area contributed by atoms with Crippen molar-refractivity contribution in [3.8, 4) is 5.75 Å². The second-order valence-electron chi connectivity index (χ2n) is 8.51. The van der Waals surface area contributed by atoms with E-state index in [0.717, 1.165) is 41.7 Å². The molecular weight excluding hydrogens is 372 g/mol. The third-order valence-electron chi connectivity index (χ3n) is 6.85. The average Bonchev–Trinajstić information content (AvgIpc) is 2.82. The lowest BCUT2D eigenvalue weighted by Crippen LogP contribution is -2.54. The fraction of sp³-hybridized carbons (Fsp3) is 0.346. The van der Waals surface area contributed by atoms with Gasteiger partial charge in [0.05, 0.1) is 18.7 Å². The lowest BCUT2D eigenvalue weighted by molar-refractivity contribution is -0.0444. The molecule has 0 radical (unpaired) electrons. The highest BCUT2D eigenvalue weighted by Crippen LogP contribution is 2.42. The van der Waals surface area contributed by atoms with Crippen LogP contribution in [0.25, 0.3) is 17.0 Å². The van der Waals surface area contributed by atoms with Crippen LogP contribution in [-0.4, -0.2) is 41.2 Å². The quantitative estimate of drug-likeness (QED) is 0.674. The standard InChI is InChI=1S/C26H28N2O2/c1-30-21-9-10-24-23(16-21)22(11-13-27-24)26(29)25-15-19-12-14-28(25)17-20(19)8-7-18-5-3-2-4-6-18/h2-11,13,16,19-20,25-26,29H,12,14-15,17H2,1H3/b8-7+/t19?,20?,25?,26-/m1/s1. The Hall–Kier alpha value is -2.69. The normalized spacial score (nSPS) is 26.9. The summed E-state index contributed by atoms with van der Waals surface area (Å²) in [6.07, 6.45) is 8.14. The Morgan fingerprint density at radius 1 is 1.17 bits per heavy atom. The minimum atomic E-state index is -0.524. The number of hydrogen-bond acceptors (Lipinski definition) is 4. The number of methoxy groups -OCH3 is 1. The monoisotopic (exact) mass is 400 g/mol. The summed E-state index contributed by atoms with van der Waals surface area (Å²) in [6, 6.07) is 18.5. The van der Waals surface area contributed by atoms with E-state index in [0.29, 0.717) is 11.8 Å². The molecule has 30 heavy (non-hydrogen) atoms. The summed E-state index contributed by atoms with van der Waals surface area (Å²) in [7, 11) is 1.67. The first kappa shape index (κ1) is 19.3. The number of aromatic nitrogens is 1. The Morgan fingerprint density at radius 2 is 2.03 bits per heavy atom. The van der Waals surface area contributed by atoms with E-state index in [-0.39, 0.29) is 6.04 Å². The van der Waals surface area contributed by atoms with E-state index < -0.39 is 6.10 Å². The van der Waals surface area contributed by atoms with Gasteiger partial charge in [-0.25, -0.2) is 0 Å². The van der Waals surface area contributed by atoms with Crippen LogP contribution in [0.3, 0.4) is 0 Å². The second kappa shape index (κ2) is 8.21. The number of benzene rings is 2. The molecule has 3 fully saturated rings. The minimum absolute atomic E-state index is 0.155. The first-order valence-electron chi connectivity index (χ1n) is 10.8. The van der Waals surface area contributed by atoms with E-state index in [1.54, 1.807) is 13.3 Å². The van der Waals surface area contributed by atoms with Gasteiger partial charge in [0.2, 0.25) is 0 Å². The first-order chi connectivity index (χ1) is 14.7. The average molecular weight is 401 g/mol. The van der Waals surface area contributed by atoms with Crippen molar-refractivity contribution in [1.82, 2.24) is 9.88 Å². The third-order valence-corrected chi connectivity index (χ3v) is 6.85. The molecule has 0 amide bonds. The molecule has 1 aromatic heterocycles. The highest BCUT2D eigenvalue weighted by atomic mass is 16.5. The van der Waals surface area contributed by atoms with Crippen LogP contribution in [0.15, 0.2) is 66.9 Å². The fourth-order valence-corrected chi connectivity index (χ4v) is 5.19. The molecule has 2 aromatic carbocycles. The molecule has 2 bridgehead atoms. The van der Waals surface area contributed by atoms with Crippen LogP contribution in [0.1, 0.15) is 30.1 Å². The highest BCUT2D eigenvalue weighted by molar-refractivity contribution is 5.84. The molecule has 3 saturated heterocycles. The number of piperidine rings is 3. The smallest absolute Gasteiger partial charge is 0.119 e. The molecular formula is C26H28N2O2. The molecule has 0 aliphatic carbocycles. The Labute approximate surface area is 177 Å². The Morgan fingerprint density at radius 3 is 2.80 bits per heavy atom. The maximum Gasteiger partial charge on any atom is 0.119 e. The Bertz CT molecular complexity index is 1050. The van der Waals surface area contributed by atoms with Gasteiger partial charge in [-0.2, -0.15) is 0 Å². The predicted octanol–water partition coefficient (Wildman–Crippen LogP) is 4.70. The summed E-state index contributed by atoms with van der Waals surface area (Å²) in [5.74, 6) is 1.97. The van der Waals surface area contributed by atoms with Gasteiger partial charge < -0.3 is 9.84 Å². The third kappa shape index (κ3) is 3.62. The van der Waals surface area contributed by atoms with Crippen LogP contribution in [0.4, 0.5) is 0 Å². The van der Waals surface area contributed by atoms with E-state index in [4.69, 9.17) is 4.74 Å². The highest BCUT2D eigenvalue weighted by Gasteiger charge is 2.42. The molecule has 4 heteroatoms. The lowest BCUT2D eigenvalue weighted by atomic mass is 9.73. The number of rotatable bonds is 5. The second-order valence-corrected chi connectivity index (χ2v) is 8.51. The van der Waals surface area contributed by atoms with Crippen molar-refractivity contribution in [1.29, 1.82) is 0 Å². The van der Waals surface area contributed by atoms with E-state index in [1.165, 1.54) is 12.0 Å². The van der Waals surface area contributed by atoms with Crippen LogP contribution in [0.2, 0.25) is 0 Å². The van der Waals surface area contributed by atoms with Crippen molar-refractivity contribution < 1.29 is 9.84 Å². The van der Waals surface area contributed by atoms with Crippen molar-refractivity contribution >= 4 is 17.0 Å². The lowest BCUT2D eigenvalue weighted by Gasteiger charge is -2.50. The summed E-state index contributed by atoms with van der Waals surface area (Å²) in [4.78, 5) is 6.95. The zero-order valence-electron chi connectivity index (χ0n) is 17.3. The van der Waals surface area contributed by atoms with Gasteiger partial charge in [-0.05, 0) is 66.6 Å². The summed E-state index contributed by atoms with van der Waals surface area (Å²) in [5.41, 5.74) is 3.10. The Kier molecular flexibility index (Phi) is 5.28. The topological polar surface area (TPSA) is 45.6 Å². The maximum atomic E-state index is 11.4. The van der Waals surface area contributed by atoms with E-state index in [9.17, 15) is 5.11 Å². The van der Waals surface area contributed by atoms with E-state index in [1.807, 2.05) is 24.3 Å². The van der Waals surface area contributed by atoms with Crippen LogP contribution in [-0.2, 0) is 0 Å². The molecule has 0 saturated carbocycles. The zero-order chi connectivity index (χ0) is 20.5. The number of fused-ring (bicyclic) bond motifs is 4. The number of pyridine rings is 1. The van der Waals surface area contributed by atoms with Crippen LogP contribution >= 0.6 is 0 Å². The molecule has 6 rings (SSSR count). The van der Waals surface area contributed by atoms with Gasteiger partial charge >= 0.3 is 0 Å². The van der Waals surface area contributed by atoms with Crippen molar-refractivity contribution in [3.05, 3.63) is 78.0 Å². The summed E-state index contributed by atoms with van der Waals surface area (Å²) in [5, 5.41) is 12.4. The number of nitrogens with zero attached hydrogens (tertiary/aromatic N) is 2. The van der Waals surface area contributed by atoms with E-state index >= 15 is 0 Å². The zero-order valence-corrected chi connectivity index (χ0v) is 17.3. The molecule has 3 aliphatic heterocycles. The van der Waals surface area contributed by atoms with Crippen molar-refractivity contribution in [3.63, 3.8) is 0 Å². The number of ether oxygens (including phenoxy) is 1. The molecule has 4 unspecified atom stereocenters. The van der Waals surface area contributed by atoms with Crippen LogP contribution in [0.5, 0.6) is 5.75 Å². The van der Waals surface area contributed by atoms with Gasteiger partial charge in [0.1, 0.15) is 5.75 Å². The molecule has 4 heterocycles. The Balaban J connectivity index is 1.37. The van der Waals surface area contributed by atoms with Crippen molar-refractivity contribution in [2.45, 2.75) is 25.0 Å². The number of aliphatic hydroxyl groups excluding tert-OH is 1. The molecule has 5 atom stereocenters. The van der Waals surface area contributed by atoms with Gasteiger partial charge in [-0.15, -0.1) is 0 Å². The van der Waals surface area contributed by atoms with Crippen molar-refractivity contribution in [2.24, 2.45) is 11.8 Å². The fourth-order valence-electron chi connectivity index (χ4n) is 5.19. The molecule has 4 nitrogen and oxygen atoms in total. The maximum absolute atomic E-state index is 11.4. The van der Waals surface area contributed by atoms with Gasteiger partial charge in [0, 0.05) is 24.2 Å². The first-order valence-corrected chi connectivity index (χ1v) is 10.8. The minimum Gasteiger partial charge on any atom is -0.497 e. The molecule has 3 aliphatic rings. The molecule has 1 N–H and O–H groups in total. The molecule has 154 valence electrons. The van der Waals surface area contributed by atoms with Crippen LogP contribution < -0.4 is 4.74 Å². The molecule has 0 spiro atoms. The van der Waals surface area contributed by atoms with Crippen LogP contribution in [0, 0.1) is 11.8 Å². The number of aliphatic hydroxyl groups is 1. The van der Waals surface area contributed by atoms with Gasteiger partial charge in [0.25, 0.3) is 0 Å². The predicted molar refractivity (Wildman–Crippen MR) is 120 cm³/mol. The van der Waals surface area contributed by atoms with Gasteiger partial charge in [-0.3, -0.25) is 9.88 Å². The van der Waals surface area contributed by atoms with Gasteiger partial charge in [0.15, 0.2) is 0 Å². The van der Waals surface area contributed by atoms with Crippen molar-refractivity contribution in [2.75, 3.05) is 20.2 Å². The SMILES string of the molecule is COc1ccc2nccc([C@@H](O)C3CC4CCN3CC4/C=C/c3ccccc3)c2c1. The van der Waals surface area contributed by atoms with E-state index in [2.05, 4.69) is 52.4 Å². The van der Waals surface area contributed by atoms with Gasteiger partial charge in [-0.1, -0.05) is 42.5 Å². The largest absolute Gasteiger partial charge is 0.497 e. The summed E-state index contributed by atoms with van der Waals surface area (Å²) < 4.78 is 5.40. The number of hydrogen-bond donors (Lipinski definition) is 1. The summed E-state index contributed by atoms with van der Waals surface area (Å²) >= 11 is 0. The summed E-state index contributed by atoms with van der Waals surface area (Å²) in [6.45, 7) is 2.08. The molecule has 3 aromatic rings.